The number of ether oxygens (including phenoxy) is 1. The van der Waals surface area contributed by atoms with Crippen molar-refractivity contribution in [3.05, 3.63) is 36.2 Å². The molecule has 1 aliphatic rings. The topological polar surface area (TPSA) is 73.4 Å². The van der Waals surface area contributed by atoms with E-state index in [1.54, 1.807) is 17.2 Å². The lowest BCUT2D eigenvalue weighted by molar-refractivity contribution is 0.0185. The largest absolute Gasteiger partial charge is 0.444 e. The molecular formula is C20H26F2N4O2. The minimum absolute atomic E-state index is 0.103. The maximum absolute atomic E-state index is 13.0. The highest BCUT2D eigenvalue weighted by atomic mass is 19.3. The Balaban J connectivity index is 1.67. The number of hydrogen-bond acceptors (Lipinski definition) is 4. The van der Waals surface area contributed by atoms with E-state index in [9.17, 15) is 13.6 Å². The summed E-state index contributed by atoms with van der Waals surface area (Å²) in [6.45, 7) is 6.71. The normalized spacial score (nSPS) is 15.9. The van der Waals surface area contributed by atoms with E-state index in [2.05, 4.69) is 5.10 Å². The monoisotopic (exact) mass is 392 g/mol. The van der Waals surface area contributed by atoms with Gasteiger partial charge in [-0.05, 0) is 57.4 Å². The SMILES string of the molecule is CC(C)(C)OC(=O)N1CCC(n2cc(-c3cc(N)cc(C(F)F)c3)cn2)CC1. The van der Waals surface area contributed by atoms with Gasteiger partial charge in [0.15, 0.2) is 0 Å². The summed E-state index contributed by atoms with van der Waals surface area (Å²) in [7, 11) is 0. The minimum atomic E-state index is -2.57. The number of likely N-dealkylation sites (tertiary alicyclic amines) is 1. The first kappa shape index (κ1) is 20.1. The average molecular weight is 392 g/mol. The molecule has 6 nitrogen and oxygen atoms in total. The number of carbonyl (C=O) groups excluding carboxylic acids is 1. The van der Waals surface area contributed by atoms with Crippen molar-refractivity contribution < 1.29 is 18.3 Å². The summed E-state index contributed by atoms with van der Waals surface area (Å²) >= 11 is 0. The van der Waals surface area contributed by atoms with Crippen LogP contribution in [0.3, 0.4) is 0 Å². The number of nitrogens with two attached hydrogens (primary N) is 1. The number of rotatable bonds is 3. The number of amides is 1. The summed E-state index contributed by atoms with van der Waals surface area (Å²) in [6, 6.07) is 4.53. The molecule has 152 valence electrons. The second-order valence-electron chi connectivity index (χ2n) is 8.10. The van der Waals surface area contributed by atoms with Gasteiger partial charge in [-0.25, -0.2) is 13.6 Å². The predicted molar refractivity (Wildman–Crippen MR) is 103 cm³/mol. The number of nitrogens with zero attached hydrogens (tertiary/aromatic N) is 3. The molecule has 8 heteroatoms. The van der Waals surface area contributed by atoms with Crippen LogP contribution in [-0.4, -0.2) is 39.5 Å². The fourth-order valence-electron chi connectivity index (χ4n) is 3.30. The van der Waals surface area contributed by atoms with Gasteiger partial charge in [0.2, 0.25) is 0 Å². The highest BCUT2D eigenvalue weighted by Crippen LogP contribution is 2.30. The van der Waals surface area contributed by atoms with Crippen molar-refractivity contribution in [2.75, 3.05) is 18.8 Å². The quantitative estimate of drug-likeness (QED) is 0.772. The van der Waals surface area contributed by atoms with Crippen LogP contribution in [0.2, 0.25) is 0 Å². The van der Waals surface area contributed by atoms with E-state index in [-0.39, 0.29) is 17.7 Å². The fraction of sp³-hybridized carbons (Fsp3) is 0.500. The van der Waals surface area contributed by atoms with Crippen LogP contribution in [0.15, 0.2) is 30.6 Å². The number of piperidine rings is 1. The molecule has 0 radical (unpaired) electrons. The molecular weight excluding hydrogens is 366 g/mol. The van der Waals surface area contributed by atoms with E-state index in [0.717, 1.165) is 18.4 Å². The Labute approximate surface area is 163 Å². The highest BCUT2D eigenvalue weighted by molar-refractivity contribution is 5.68. The van der Waals surface area contributed by atoms with Gasteiger partial charge in [0.1, 0.15) is 5.60 Å². The van der Waals surface area contributed by atoms with E-state index in [4.69, 9.17) is 10.5 Å². The number of anilines is 1. The summed E-state index contributed by atoms with van der Waals surface area (Å²) in [4.78, 5) is 13.9. The van der Waals surface area contributed by atoms with E-state index in [1.807, 2.05) is 31.6 Å². The van der Waals surface area contributed by atoms with Gasteiger partial charge in [-0.1, -0.05) is 0 Å². The van der Waals surface area contributed by atoms with Gasteiger partial charge in [-0.15, -0.1) is 0 Å². The molecule has 2 heterocycles. The van der Waals surface area contributed by atoms with Crippen molar-refractivity contribution in [2.24, 2.45) is 0 Å². The van der Waals surface area contributed by atoms with Gasteiger partial charge < -0.3 is 15.4 Å². The Kier molecular flexibility index (Phi) is 5.58. The van der Waals surface area contributed by atoms with Gasteiger partial charge >= 0.3 is 6.09 Å². The Hall–Kier alpha value is -2.64. The Bertz CT molecular complexity index is 837. The zero-order chi connectivity index (χ0) is 20.5. The molecule has 1 saturated heterocycles. The molecule has 0 aliphatic carbocycles. The lowest BCUT2D eigenvalue weighted by Crippen LogP contribution is -2.42. The maximum Gasteiger partial charge on any atom is 0.410 e. The molecule has 1 aromatic carbocycles. The van der Waals surface area contributed by atoms with Crippen molar-refractivity contribution in [3.8, 4) is 11.1 Å². The highest BCUT2D eigenvalue weighted by Gasteiger charge is 2.28. The standard InChI is InChI=1S/C20H26F2N4O2/c1-20(2,3)28-19(27)25-6-4-17(5-7-25)26-12-15(11-24-26)13-8-14(18(21)22)10-16(23)9-13/h8-12,17-18H,4-7,23H2,1-3H3. The third kappa shape index (κ3) is 4.79. The number of nitrogen functional groups attached to an aromatic ring is 1. The number of hydrogen-bond donors (Lipinski definition) is 1. The lowest BCUT2D eigenvalue weighted by Gasteiger charge is -2.33. The van der Waals surface area contributed by atoms with E-state index in [0.29, 0.717) is 24.3 Å². The van der Waals surface area contributed by atoms with E-state index in [1.165, 1.54) is 12.1 Å². The molecule has 0 unspecified atom stereocenters. The first-order chi connectivity index (χ1) is 13.1. The molecule has 3 rings (SSSR count). The lowest BCUT2D eigenvalue weighted by atomic mass is 10.0. The molecule has 0 atom stereocenters. The molecule has 1 amide bonds. The van der Waals surface area contributed by atoms with Crippen molar-refractivity contribution >= 4 is 11.8 Å². The summed E-state index contributed by atoms with van der Waals surface area (Å²) < 4.78 is 33.3. The van der Waals surface area contributed by atoms with Gasteiger partial charge in [-0.2, -0.15) is 5.10 Å². The number of aromatic nitrogens is 2. The van der Waals surface area contributed by atoms with Crippen LogP contribution in [0.4, 0.5) is 19.3 Å². The molecule has 1 aliphatic heterocycles. The summed E-state index contributed by atoms with van der Waals surface area (Å²) in [5.74, 6) is 0. The Morgan fingerprint density at radius 1 is 1.21 bits per heavy atom. The van der Waals surface area contributed by atoms with Crippen LogP contribution < -0.4 is 5.73 Å². The van der Waals surface area contributed by atoms with Crippen LogP contribution in [0, 0.1) is 0 Å². The number of carbonyl (C=O) groups is 1. The smallest absolute Gasteiger partial charge is 0.410 e. The Morgan fingerprint density at radius 2 is 1.89 bits per heavy atom. The molecule has 2 aromatic rings. The molecule has 28 heavy (non-hydrogen) atoms. The van der Waals surface area contributed by atoms with Crippen LogP contribution in [-0.2, 0) is 4.74 Å². The molecule has 2 N–H and O–H groups in total. The summed E-state index contributed by atoms with van der Waals surface area (Å²) in [6.07, 6.45) is 2.13. The molecule has 0 saturated carbocycles. The second kappa shape index (κ2) is 7.77. The first-order valence-corrected chi connectivity index (χ1v) is 9.33. The fourth-order valence-corrected chi connectivity index (χ4v) is 3.30. The number of halogens is 2. The van der Waals surface area contributed by atoms with E-state index >= 15 is 0 Å². The van der Waals surface area contributed by atoms with Crippen LogP contribution >= 0.6 is 0 Å². The second-order valence-corrected chi connectivity index (χ2v) is 8.10. The van der Waals surface area contributed by atoms with Gasteiger partial charge in [-0.3, -0.25) is 4.68 Å². The molecule has 1 aromatic heterocycles. The third-order valence-corrected chi connectivity index (χ3v) is 4.65. The average Bonchev–Trinajstić information content (AvgIpc) is 3.10. The van der Waals surface area contributed by atoms with Crippen LogP contribution in [0.25, 0.3) is 11.1 Å². The van der Waals surface area contributed by atoms with Crippen LogP contribution in [0.5, 0.6) is 0 Å². The zero-order valence-corrected chi connectivity index (χ0v) is 16.4. The molecule has 1 fully saturated rings. The van der Waals surface area contributed by atoms with Crippen molar-refractivity contribution in [3.63, 3.8) is 0 Å². The predicted octanol–water partition coefficient (Wildman–Crippen LogP) is 4.64. The number of alkyl halides is 2. The van der Waals surface area contributed by atoms with Crippen molar-refractivity contribution in [1.29, 1.82) is 0 Å². The van der Waals surface area contributed by atoms with Crippen LogP contribution in [0.1, 0.15) is 51.6 Å². The van der Waals surface area contributed by atoms with Gasteiger partial charge in [0, 0.05) is 36.1 Å². The molecule has 0 spiro atoms. The number of benzene rings is 1. The van der Waals surface area contributed by atoms with E-state index < -0.39 is 12.0 Å². The maximum atomic E-state index is 13.0. The summed E-state index contributed by atoms with van der Waals surface area (Å²) in [5, 5.41) is 4.40. The zero-order valence-electron chi connectivity index (χ0n) is 16.4. The van der Waals surface area contributed by atoms with Gasteiger partial charge in [0.05, 0.1) is 12.2 Å². The third-order valence-electron chi connectivity index (χ3n) is 4.65. The van der Waals surface area contributed by atoms with Crippen molar-refractivity contribution in [1.82, 2.24) is 14.7 Å². The minimum Gasteiger partial charge on any atom is -0.444 e. The Morgan fingerprint density at radius 3 is 2.50 bits per heavy atom. The van der Waals surface area contributed by atoms with Gasteiger partial charge in [0.25, 0.3) is 6.43 Å². The first-order valence-electron chi connectivity index (χ1n) is 9.33. The van der Waals surface area contributed by atoms with Crippen molar-refractivity contribution in [2.45, 2.75) is 51.7 Å². The molecule has 0 bridgehead atoms. The summed E-state index contributed by atoms with van der Waals surface area (Å²) in [5.41, 5.74) is 6.80.